The zero-order valence-corrected chi connectivity index (χ0v) is 12.9. The molecule has 0 unspecified atom stereocenters. The van der Waals surface area contributed by atoms with Crippen LogP contribution in [0, 0.1) is 0 Å². The average molecular weight is 286 g/mol. The van der Waals surface area contributed by atoms with Crippen molar-refractivity contribution in [1.82, 2.24) is 9.80 Å². The molecule has 2 aliphatic heterocycles. The smallest absolute Gasteiger partial charge is 0.253 e. The van der Waals surface area contributed by atoms with Crippen LogP contribution >= 0.6 is 0 Å². The van der Waals surface area contributed by atoms with E-state index >= 15 is 0 Å². The summed E-state index contributed by atoms with van der Waals surface area (Å²) in [4.78, 5) is 16.9. The Bertz CT molecular complexity index is 457. The minimum absolute atomic E-state index is 0.208. The Morgan fingerprint density at radius 1 is 0.810 bits per heavy atom. The number of hydrogen-bond acceptors (Lipinski definition) is 2. The summed E-state index contributed by atoms with van der Waals surface area (Å²) in [7, 11) is 0. The second kappa shape index (κ2) is 7.08. The number of hydrogen-bond donors (Lipinski definition) is 0. The third-order valence-corrected chi connectivity index (χ3v) is 4.70. The summed E-state index contributed by atoms with van der Waals surface area (Å²) in [6, 6.07) is 8.28. The molecule has 3 nitrogen and oxygen atoms in total. The Balaban J connectivity index is 1.59. The second-order valence-electron chi connectivity index (χ2n) is 6.39. The lowest BCUT2D eigenvalue weighted by molar-refractivity contribution is 0.0724. The number of amides is 1. The molecule has 3 heteroatoms. The molecule has 2 aliphatic rings. The molecule has 0 spiro atoms. The first-order valence-corrected chi connectivity index (χ1v) is 8.43. The lowest BCUT2D eigenvalue weighted by atomic mass is 10.1. The molecule has 114 valence electrons. The van der Waals surface area contributed by atoms with Crippen molar-refractivity contribution in [1.29, 1.82) is 0 Å². The van der Waals surface area contributed by atoms with Crippen molar-refractivity contribution in [3.8, 4) is 0 Å². The molecule has 0 radical (unpaired) electrons. The zero-order chi connectivity index (χ0) is 14.5. The molecule has 2 saturated heterocycles. The normalized spacial score (nSPS) is 20.5. The van der Waals surface area contributed by atoms with Gasteiger partial charge >= 0.3 is 0 Å². The monoisotopic (exact) mass is 286 g/mol. The van der Waals surface area contributed by atoms with Crippen LogP contribution in [0.3, 0.4) is 0 Å². The predicted molar refractivity (Wildman–Crippen MR) is 85.3 cm³/mol. The van der Waals surface area contributed by atoms with Gasteiger partial charge in [-0.3, -0.25) is 9.69 Å². The lowest BCUT2D eigenvalue weighted by Gasteiger charge is -2.27. The molecule has 2 fully saturated rings. The van der Waals surface area contributed by atoms with Gasteiger partial charge in [-0.25, -0.2) is 0 Å². The Morgan fingerprint density at radius 2 is 1.38 bits per heavy atom. The van der Waals surface area contributed by atoms with E-state index < -0.39 is 0 Å². The van der Waals surface area contributed by atoms with Gasteiger partial charge in [0.1, 0.15) is 0 Å². The molecular formula is C18H26N2O. The molecule has 0 atom stereocenters. The SMILES string of the molecule is O=C(c1ccc(CN2CCCCC2)cc1)N1CCCCC1. The summed E-state index contributed by atoms with van der Waals surface area (Å²) < 4.78 is 0. The minimum Gasteiger partial charge on any atom is -0.339 e. The van der Waals surface area contributed by atoms with E-state index in [9.17, 15) is 4.79 Å². The highest BCUT2D eigenvalue weighted by atomic mass is 16.2. The molecule has 3 rings (SSSR count). The number of benzene rings is 1. The minimum atomic E-state index is 0.208. The average Bonchev–Trinajstić information content (AvgIpc) is 2.57. The van der Waals surface area contributed by atoms with Gasteiger partial charge in [0.15, 0.2) is 0 Å². The fourth-order valence-corrected chi connectivity index (χ4v) is 3.41. The van der Waals surface area contributed by atoms with Crippen molar-refractivity contribution in [2.45, 2.75) is 45.1 Å². The molecule has 0 aliphatic carbocycles. The number of rotatable bonds is 3. The Hall–Kier alpha value is -1.35. The van der Waals surface area contributed by atoms with E-state index in [-0.39, 0.29) is 5.91 Å². The fourth-order valence-electron chi connectivity index (χ4n) is 3.41. The summed E-state index contributed by atoms with van der Waals surface area (Å²) in [6.07, 6.45) is 7.59. The first-order chi connectivity index (χ1) is 10.3. The van der Waals surface area contributed by atoms with Gasteiger partial charge in [-0.15, -0.1) is 0 Å². The van der Waals surface area contributed by atoms with Crippen LogP contribution in [0.5, 0.6) is 0 Å². The van der Waals surface area contributed by atoms with Gasteiger partial charge in [-0.1, -0.05) is 18.6 Å². The molecule has 0 bridgehead atoms. The van der Waals surface area contributed by atoms with Crippen LogP contribution in [-0.4, -0.2) is 41.9 Å². The number of piperidine rings is 2. The third-order valence-electron chi connectivity index (χ3n) is 4.70. The van der Waals surface area contributed by atoms with Gasteiger partial charge in [-0.05, 0) is 62.9 Å². The van der Waals surface area contributed by atoms with Crippen molar-refractivity contribution in [2.75, 3.05) is 26.2 Å². The molecule has 21 heavy (non-hydrogen) atoms. The highest BCUT2D eigenvalue weighted by molar-refractivity contribution is 5.94. The van der Waals surface area contributed by atoms with E-state index in [2.05, 4.69) is 17.0 Å². The number of likely N-dealkylation sites (tertiary alicyclic amines) is 2. The second-order valence-corrected chi connectivity index (χ2v) is 6.39. The fraction of sp³-hybridized carbons (Fsp3) is 0.611. The summed E-state index contributed by atoms with van der Waals surface area (Å²) >= 11 is 0. The molecule has 1 aromatic rings. The van der Waals surface area contributed by atoms with Crippen LogP contribution in [0.1, 0.15) is 54.4 Å². The summed E-state index contributed by atoms with van der Waals surface area (Å²) in [5, 5.41) is 0. The van der Waals surface area contributed by atoms with E-state index in [1.807, 2.05) is 17.0 Å². The van der Waals surface area contributed by atoms with E-state index in [1.54, 1.807) is 0 Å². The molecule has 2 heterocycles. The van der Waals surface area contributed by atoms with Crippen LogP contribution in [0.15, 0.2) is 24.3 Å². The first-order valence-electron chi connectivity index (χ1n) is 8.43. The summed E-state index contributed by atoms with van der Waals surface area (Å²) in [5.41, 5.74) is 2.17. The maximum absolute atomic E-state index is 12.4. The third kappa shape index (κ3) is 3.85. The van der Waals surface area contributed by atoms with E-state index in [0.717, 1.165) is 38.0 Å². The molecule has 0 saturated carbocycles. The van der Waals surface area contributed by atoms with Crippen molar-refractivity contribution in [3.05, 3.63) is 35.4 Å². The maximum Gasteiger partial charge on any atom is 0.253 e. The van der Waals surface area contributed by atoms with Gasteiger partial charge in [0, 0.05) is 25.2 Å². The van der Waals surface area contributed by atoms with Gasteiger partial charge in [-0.2, -0.15) is 0 Å². The van der Waals surface area contributed by atoms with Crippen molar-refractivity contribution < 1.29 is 4.79 Å². The largest absolute Gasteiger partial charge is 0.339 e. The highest BCUT2D eigenvalue weighted by Crippen LogP contribution is 2.16. The first kappa shape index (κ1) is 14.6. The topological polar surface area (TPSA) is 23.6 Å². The molecule has 1 aromatic carbocycles. The summed E-state index contributed by atoms with van der Waals surface area (Å²) in [5.74, 6) is 0.208. The van der Waals surface area contributed by atoms with Crippen molar-refractivity contribution >= 4 is 5.91 Å². The standard InChI is InChI=1S/C18H26N2O/c21-18(20-13-5-2-6-14-20)17-9-7-16(8-10-17)15-19-11-3-1-4-12-19/h7-10H,1-6,11-15H2. The predicted octanol–water partition coefficient (Wildman–Crippen LogP) is 3.30. The van der Waals surface area contributed by atoms with Crippen LogP contribution in [0.2, 0.25) is 0 Å². The Labute approximate surface area is 127 Å². The van der Waals surface area contributed by atoms with E-state index in [1.165, 1.54) is 44.3 Å². The quantitative estimate of drug-likeness (QED) is 0.851. The molecular weight excluding hydrogens is 260 g/mol. The van der Waals surface area contributed by atoms with Gasteiger partial charge in [0.2, 0.25) is 0 Å². The van der Waals surface area contributed by atoms with Crippen LogP contribution in [-0.2, 0) is 6.54 Å². The molecule has 0 aromatic heterocycles. The van der Waals surface area contributed by atoms with Crippen LogP contribution in [0.4, 0.5) is 0 Å². The van der Waals surface area contributed by atoms with Gasteiger partial charge < -0.3 is 4.90 Å². The number of carbonyl (C=O) groups is 1. The summed E-state index contributed by atoms with van der Waals surface area (Å²) in [6.45, 7) is 5.31. The molecule has 1 amide bonds. The van der Waals surface area contributed by atoms with Crippen LogP contribution in [0.25, 0.3) is 0 Å². The lowest BCUT2D eigenvalue weighted by Crippen LogP contribution is -2.35. The van der Waals surface area contributed by atoms with Gasteiger partial charge in [0.05, 0.1) is 0 Å². The van der Waals surface area contributed by atoms with Crippen molar-refractivity contribution in [3.63, 3.8) is 0 Å². The molecule has 0 N–H and O–H groups in total. The zero-order valence-electron chi connectivity index (χ0n) is 12.9. The van der Waals surface area contributed by atoms with E-state index in [4.69, 9.17) is 0 Å². The van der Waals surface area contributed by atoms with Gasteiger partial charge in [0.25, 0.3) is 5.91 Å². The van der Waals surface area contributed by atoms with Crippen LogP contribution < -0.4 is 0 Å². The number of nitrogens with zero attached hydrogens (tertiary/aromatic N) is 2. The highest BCUT2D eigenvalue weighted by Gasteiger charge is 2.18. The Kier molecular flexibility index (Phi) is 4.91. The van der Waals surface area contributed by atoms with E-state index in [0.29, 0.717) is 0 Å². The number of carbonyl (C=O) groups excluding carboxylic acids is 1. The maximum atomic E-state index is 12.4. The van der Waals surface area contributed by atoms with Crippen molar-refractivity contribution in [2.24, 2.45) is 0 Å². The Morgan fingerprint density at radius 3 is 2.00 bits per heavy atom.